The van der Waals surface area contributed by atoms with Crippen LogP contribution in [0.3, 0.4) is 0 Å². The predicted octanol–water partition coefficient (Wildman–Crippen LogP) is 4.12. The Balaban J connectivity index is 1.94. The number of anilines is 1. The SMILES string of the molecule is CCOCCOc1cccc(NC(=O)c2ccc(Br)cc2)c1. The molecule has 22 heavy (non-hydrogen) atoms. The van der Waals surface area contributed by atoms with E-state index in [-0.39, 0.29) is 5.91 Å². The lowest BCUT2D eigenvalue weighted by molar-refractivity contribution is 0.102. The van der Waals surface area contributed by atoms with Crippen molar-refractivity contribution in [3.05, 3.63) is 58.6 Å². The maximum Gasteiger partial charge on any atom is 0.255 e. The fraction of sp³-hybridized carbons (Fsp3) is 0.235. The molecule has 0 fully saturated rings. The summed E-state index contributed by atoms with van der Waals surface area (Å²) < 4.78 is 11.7. The van der Waals surface area contributed by atoms with Crippen LogP contribution >= 0.6 is 15.9 Å². The molecular formula is C17H18BrNO3. The lowest BCUT2D eigenvalue weighted by Crippen LogP contribution is -2.12. The smallest absolute Gasteiger partial charge is 0.255 e. The summed E-state index contributed by atoms with van der Waals surface area (Å²) in [5.74, 6) is 0.548. The van der Waals surface area contributed by atoms with E-state index in [2.05, 4.69) is 21.2 Å². The van der Waals surface area contributed by atoms with Crippen molar-refractivity contribution in [3.8, 4) is 5.75 Å². The third kappa shape index (κ3) is 5.16. The van der Waals surface area contributed by atoms with Gasteiger partial charge in [0, 0.05) is 28.4 Å². The summed E-state index contributed by atoms with van der Waals surface area (Å²) in [6.45, 7) is 3.65. The molecule has 1 amide bonds. The summed E-state index contributed by atoms with van der Waals surface area (Å²) in [5, 5.41) is 2.85. The van der Waals surface area contributed by atoms with Crippen molar-refractivity contribution >= 4 is 27.5 Å². The molecule has 0 bridgehead atoms. The standard InChI is InChI=1S/C17H18BrNO3/c1-2-21-10-11-22-16-5-3-4-15(12-16)19-17(20)13-6-8-14(18)9-7-13/h3-9,12H,2,10-11H2,1H3,(H,19,20). The number of rotatable bonds is 7. The lowest BCUT2D eigenvalue weighted by Gasteiger charge is -2.09. The molecule has 0 aliphatic heterocycles. The Kier molecular flexibility index (Phi) is 6.43. The largest absolute Gasteiger partial charge is 0.491 e. The van der Waals surface area contributed by atoms with Crippen LogP contribution < -0.4 is 10.1 Å². The predicted molar refractivity (Wildman–Crippen MR) is 90.5 cm³/mol. The van der Waals surface area contributed by atoms with E-state index < -0.39 is 0 Å². The molecule has 0 heterocycles. The van der Waals surface area contributed by atoms with Crippen LogP contribution in [0.25, 0.3) is 0 Å². The second kappa shape index (κ2) is 8.56. The summed E-state index contributed by atoms with van der Waals surface area (Å²) in [7, 11) is 0. The van der Waals surface area contributed by atoms with Crippen molar-refractivity contribution in [1.29, 1.82) is 0 Å². The second-order valence-corrected chi connectivity index (χ2v) is 5.45. The van der Waals surface area contributed by atoms with E-state index in [1.54, 1.807) is 18.2 Å². The molecular weight excluding hydrogens is 346 g/mol. The molecule has 2 rings (SSSR count). The Morgan fingerprint density at radius 3 is 2.64 bits per heavy atom. The number of hydrogen-bond acceptors (Lipinski definition) is 3. The van der Waals surface area contributed by atoms with Gasteiger partial charge in [0.25, 0.3) is 5.91 Å². The monoisotopic (exact) mass is 363 g/mol. The topological polar surface area (TPSA) is 47.6 Å². The molecule has 5 heteroatoms. The number of hydrogen-bond donors (Lipinski definition) is 1. The number of carbonyl (C=O) groups excluding carboxylic acids is 1. The molecule has 2 aromatic carbocycles. The Hall–Kier alpha value is -1.85. The molecule has 0 saturated carbocycles. The van der Waals surface area contributed by atoms with Gasteiger partial charge in [-0.1, -0.05) is 22.0 Å². The highest BCUT2D eigenvalue weighted by Crippen LogP contribution is 2.18. The molecule has 0 spiro atoms. The summed E-state index contributed by atoms with van der Waals surface area (Å²) in [4.78, 5) is 12.1. The second-order valence-electron chi connectivity index (χ2n) is 4.53. The van der Waals surface area contributed by atoms with Gasteiger partial charge >= 0.3 is 0 Å². The van der Waals surface area contributed by atoms with E-state index in [1.165, 1.54) is 0 Å². The van der Waals surface area contributed by atoms with E-state index >= 15 is 0 Å². The molecule has 0 unspecified atom stereocenters. The van der Waals surface area contributed by atoms with Crippen molar-refractivity contribution in [2.45, 2.75) is 6.92 Å². The van der Waals surface area contributed by atoms with Crippen LogP contribution in [0.15, 0.2) is 53.0 Å². The molecule has 0 aliphatic carbocycles. The van der Waals surface area contributed by atoms with Crippen molar-refractivity contribution in [2.24, 2.45) is 0 Å². The molecule has 116 valence electrons. The molecule has 0 atom stereocenters. The van der Waals surface area contributed by atoms with E-state index in [9.17, 15) is 4.79 Å². The summed E-state index contributed by atoms with van der Waals surface area (Å²) in [5.41, 5.74) is 1.30. The molecule has 4 nitrogen and oxygen atoms in total. The van der Waals surface area contributed by atoms with E-state index in [4.69, 9.17) is 9.47 Å². The highest BCUT2D eigenvalue weighted by atomic mass is 79.9. The summed E-state index contributed by atoms with van der Waals surface area (Å²) in [6.07, 6.45) is 0. The van der Waals surface area contributed by atoms with Crippen LogP contribution in [-0.4, -0.2) is 25.7 Å². The molecule has 1 N–H and O–H groups in total. The highest BCUT2D eigenvalue weighted by molar-refractivity contribution is 9.10. The normalized spacial score (nSPS) is 10.3. The van der Waals surface area contributed by atoms with Gasteiger partial charge in [-0.05, 0) is 43.3 Å². The zero-order valence-corrected chi connectivity index (χ0v) is 13.9. The van der Waals surface area contributed by atoms with Gasteiger partial charge in [0.2, 0.25) is 0 Å². The van der Waals surface area contributed by atoms with Crippen molar-refractivity contribution in [2.75, 3.05) is 25.1 Å². The Bertz CT molecular complexity index is 614. The van der Waals surface area contributed by atoms with Gasteiger partial charge in [0.05, 0.1) is 6.61 Å². The minimum Gasteiger partial charge on any atom is -0.491 e. The fourth-order valence-electron chi connectivity index (χ4n) is 1.83. The van der Waals surface area contributed by atoms with Gasteiger partial charge in [-0.3, -0.25) is 4.79 Å². The third-order valence-corrected chi connectivity index (χ3v) is 3.43. The molecule has 0 saturated heterocycles. The first-order valence-electron chi connectivity index (χ1n) is 7.06. The third-order valence-electron chi connectivity index (χ3n) is 2.90. The summed E-state index contributed by atoms with van der Waals surface area (Å²) >= 11 is 3.35. The van der Waals surface area contributed by atoms with Gasteiger partial charge < -0.3 is 14.8 Å². The van der Waals surface area contributed by atoms with Crippen LogP contribution in [0.4, 0.5) is 5.69 Å². The first-order valence-corrected chi connectivity index (χ1v) is 7.86. The minimum absolute atomic E-state index is 0.154. The molecule has 0 aliphatic rings. The zero-order chi connectivity index (χ0) is 15.8. The van der Waals surface area contributed by atoms with E-state index in [0.29, 0.717) is 36.8 Å². The zero-order valence-electron chi connectivity index (χ0n) is 12.3. The summed E-state index contributed by atoms with van der Waals surface area (Å²) in [6, 6.07) is 14.5. The number of ether oxygens (including phenoxy) is 2. The lowest BCUT2D eigenvalue weighted by atomic mass is 10.2. The number of halogens is 1. The minimum atomic E-state index is -0.154. The van der Waals surface area contributed by atoms with Crippen LogP contribution in [0.5, 0.6) is 5.75 Å². The van der Waals surface area contributed by atoms with Crippen LogP contribution in [0.1, 0.15) is 17.3 Å². The Morgan fingerprint density at radius 2 is 1.91 bits per heavy atom. The maximum absolute atomic E-state index is 12.1. The van der Waals surface area contributed by atoms with Crippen molar-refractivity contribution < 1.29 is 14.3 Å². The Labute approximate surface area is 138 Å². The van der Waals surface area contributed by atoms with Crippen molar-refractivity contribution in [1.82, 2.24) is 0 Å². The van der Waals surface area contributed by atoms with Crippen molar-refractivity contribution in [3.63, 3.8) is 0 Å². The quantitative estimate of drug-likeness (QED) is 0.752. The first-order chi connectivity index (χ1) is 10.7. The highest BCUT2D eigenvalue weighted by Gasteiger charge is 2.06. The van der Waals surface area contributed by atoms with Gasteiger partial charge in [0.15, 0.2) is 0 Å². The molecule has 2 aromatic rings. The number of amides is 1. The first kappa shape index (κ1) is 16.5. The van der Waals surface area contributed by atoms with Gasteiger partial charge in [-0.2, -0.15) is 0 Å². The van der Waals surface area contributed by atoms with Gasteiger partial charge in [-0.15, -0.1) is 0 Å². The Morgan fingerprint density at radius 1 is 1.14 bits per heavy atom. The van der Waals surface area contributed by atoms with Crippen LogP contribution in [-0.2, 0) is 4.74 Å². The van der Waals surface area contributed by atoms with E-state index in [0.717, 1.165) is 4.47 Å². The molecule has 0 aromatic heterocycles. The number of carbonyl (C=O) groups is 1. The molecule has 0 radical (unpaired) electrons. The van der Waals surface area contributed by atoms with Crippen LogP contribution in [0, 0.1) is 0 Å². The van der Waals surface area contributed by atoms with E-state index in [1.807, 2.05) is 37.3 Å². The number of benzene rings is 2. The van der Waals surface area contributed by atoms with Crippen LogP contribution in [0.2, 0.25) is 0 Å². The maximum atomic E-state index is 12.1. The average molecular weight is 364 g/mol. The average Bonchev–Trinajstić information content (AvgIpc) is 2.52. The number of nitrogens with one attached hydrogen (secondary N) is 1. The van der Waals surface area contributed by atoms with Gasteiger partial charge in [-0.25, -0.2) is 0 Å². The fourth-order valence-corrected chi connectivity index (χ4v) is 2.10. The van der Waals surface area contributed by atoms with Gasteiger partial charge in [0.1, 0.15) is 12.4 Å².